The number of halogens is 1. The molecule has 0 unspecified atom stereocenters. The highest BCUT2D eigenvalue weighted by Crippen LogP contribution is 2.36. The molecule has 0 atom stereocenters. The van der Waals surface area contributed by atoms with Crippen molar-refractivity contribution in [1.82, 2.24) is 0 Å². The standard InChI is InChI=1S/C16H14ClNO4/c17-11-4-3-5-12(10-11)18(16(19)20)14-7-2-1-6-13(14)15-21-8-9-22-15/h1-7,10,15H,8-9H2,(H,19,20). The van der Waals surface area contributed by atoms with E-state index in [1.54, 1.807) is 42.5 Å². The maximum Gasteiger partial charge on any atom is 0.416 e. The van der Waals surface area contributed by atoms with Crippen LogP contribution in [0, 0.1) is 0 Å². The Morgan fingerprint density at radius 2 is 1.86 bits per heavy atom. The number of hydrogen-bond acceptors (Lipinski definition) is 3. The van der Waals surface area contributed by atoms with Crippen molar-refractivity contribution >= 4 is 29.1 Å². The highest BCUT2D eigenvalue weighted by molar-refractivity contribution is 6.31. The smallest absolute Gasteiger partial charge is 0.416 e. The van der Waals surface area contributed by atoms with Gasteiger partial charge in [0, 0.05) is 10.6 Å². The second-order valence-corrected chi connectivity index (χ2v) is 5.17. The molecule has 1 amide bonds. The average molecular weight is 320 g/mol. The molecule has 2 aromatic rings. The van der Waals surface area contributed by atoms with Gasteiger partial charge in [0.1, 0.15) is 0 Å². The maximum atomic E-state index is 11.8. The van der Waals surface area contributed by atoms with E-state index in [0.29, 0.717) is 35.2 Å². The molecule has 0 bridgehead atoms. The Balaban J connectivity index is 2.08. The van der Waals surface area contributed by atoms with Gasteiger partial charge in [0.25, 0.3) is 0 Å². The van der Waals surface area contributed by atoms with Crippen molar-refractivity contribution in [3.8, 4) is 0 Å². The molecule has 0 aromatic heterocycles. The van der Waals surface area contributed by atoms with E-state index in [1.807, 2.05) is 6.07 Å². The number of amides is 1. The van der Waals surface area contributed by atoms with Crippen molar-refractivity contribution in [3.63, 3.8) is 0 Å². The second kappa shape index (κ2) is 6.36. The van der Waals surface area contributed by atoms with Gasteiger partial charge in [-0.3, -0.25) is 0 Å². The average Bonchev–Trinajstić information content (AvgIpc) is 3.02. The van der Waals surface area contributed by atoms with Crippen molar-refractivity contribution in [3.05, 3.63) is 59.1 Å². The molecule has 6 heteroatoms. The Hall–Kier alpha value is -2.08. The largest absolute Gasteiger partial charge is 0.464 e. The molecule has 114 valence electrons. The molecular weight excluding hydrogens is 306 g/mol. The van der Waals surface area contributed by atoms with Crippen LogP contribution in [0.15, 0.2) is 48.5 Å². The number of carboxylic acid groups (broad SMARTS) is 1. The molecule has 1 aliphatic heterocycles. The van der Waals surface area contributed by atoms with E-state index in [0.717, 1.165) is 0 Å². The Bertz CT molecular complexity index is 685. The minimum atomic E-state index is -1.10. The van der Waals surface area contributed by atoms with Crippen LogP contribution in [-0.4, -0.2) is 24.4 Å². The first-order valence-electron chi connectivity index (χ1n) is 6.77. The number of benzene rings is 2. The molecule has 0 spiro atoms. The van der Waals surface area contributed by atoms with Gasteiger partial charge in [0.15, 0.2) is 6.29 Å². The number of para-hydroxylation sites is 1. The van der Waals surface area contributed by atoms with E-state index in [9.17, 15) is 9.90 Å². The summed E-state index contributed by atoms with van der Waals surface area (Å²) in [5.74, 6) is 0. The minimum absolute atomic E-state index is 0.463. The molecule has 2 aromatic carbocycles. The quantitative estimate of drug-likeness (QED) is 0.921. The second-order valence-electron chi connectivity index (χ2n) is 4.73. The van der Waals surface area contributed by atoms with Crippen molar-refractivity contribution in [2.24, 2.45) is 0 Å². The van der Waals surface area contributed by atoms with Gasteiger partial charge in [-0.2, -0.15) is 0 Å². The molecule has 3 rings (SSSR count). The van der Waals surface area contributed by atoms with Crippen LogP contribution in [0.2, 0.25) is 5.02 Å². The van der Waals surface area contributed by atoms with Crippen LogP contribution in [0.25, 0.3) is 0 Å². The van der Waals surface area contributed by atoms with Gasteiger partial charge in [-0.25, -0.2) is 9.69 Å². The topological polar surface area (TPSA) is 59.0 Å². The predicted octanol–water partition coefficient (Wildman–Crippen LogP) is 4.20. The number of rotatable bonds is 3. The van der Waals surface area contributed by atoms with Gasteiger partial charge in [-0.15, -0.1) is 0 Å². The van der Waals surface area contributed by atoms with Crippen LogP contribution in [0.3, 0.4) is 0 Å². The van der Waals surface area contributed by atoms with Crippen molar-refractivity contribution in [1.29, 1.82) is 0 Å². The monoisotopic (exact) mass is 319 g/mol. The Morgan fingerprint density at radius 1 is 1.14 bits per heavy atom. The van der Waals surface area contributed by atoms with Gasteiger partial charge >= 0.3 is 6.09 Å². The summed E-state index contributed by atoms with van der Waals surface area (Å²) in [6.07, 6.45) is -1.66. The number of anilines is 2. The number of carbonyl (C=O) groups is 1. The lowest BCUT2D eigenvalue weighted by atomic mass is 10.1. The lowest BCUT2D eigenvalue weighted by molar-refractivity contribution is -0.0436. The molecular formula is C16H14ClNO4. The first kappa shape index (κ1) is 14.8. The maximum absolute atomic E-state index is 11.8. The fourth-order valence-electron chi connectivity index (χ4n) is 2.40. The number of hydrogen-bond donors (Lipinski definition) is 1. The summed E-state index contributed by atoms with van der Waals surface area (Å²) in [7, 11) is 0. The molecule has 1 aliphatic rings. The van der Waals surface area contributed by atoms with E-state index in [4.69, 9.17) is 21.1 Å². The number of ether oxygens (including phenoxy) is 2. The summed E-state index contributed by atoms with van der Waals surface area (Å²) in [5, 5.41) is 10.1. The molecule has 1 saturated heterocycles. The third-order valence-electron chi connectivity index (χ3n) is 3.31. The normalized spacial score (nSPS) is 15.0. The highest BCUT2D eigenvalue weighted by atomic mass is 35.5. The zero-order valence-electron chi connectivity index (χ0n) is 11.6. The van der Waals surface area contributed by atoms with Crippen LogP contribution in [-0.2, 0) is 9.47 Å². The van der Waals surface area contributed by atoms with Crippen molar-refractivity contribution in [2.75, 3.05) is 18.1 Å². The fourth-order valence-corrected chi connectivity index (χ4v) is 2.58. The Morgan fingerprint density at radius 3 is 2.55 bits per heavy atom. The minimum Gasteiger partial charge on any atom is -0.464 e. The molecule has 5 nitrogen and oxygen atoms in total. The zero-order chi connectivity index (χ0) is 15.5. The first-order valence-corrected chi connectivity index (χ1v) is 7.15. The fraction of sp³-hybridized carbons (Fsp3) is 0.188. The van der Waals surface area contributed by atoms with E-state index in [-0.39, 0.29) is 0 Å². The summed E-state index contributed by atoms with van der Waals surface area (Å²) in [6, 6.07) is 13.8. The molecule has 1 heterocycles. The predicted molar refractivity (Wildman–Crippen MR) is 82.7 cm³/mol. The van der Waals surface area contributed by atoms with Crippen LogP contribution in [0.1, 0.15) is 11.9 Å². The third kappa shape index (κ3) is 2.92. The van der Waals surface area contributed by atoms with Gasteiger partial charge in [0.05, 0.1) is 24.6 Å². The van der Waals surface area contributed by atoms with Gasteiger partial charge in [0.2, 0.25) is 0 Å². The summed E-state index contributed by atoms with van der Waals surface area (Å²) in [4.78, 5) is 13.0. The van der Waals surface area contributed by atoms with E-state index in [2.05, 4.69) is 0 Å². The van der Waals surface area contributed by atoms with Crippen LogP contribution >= 0.6 is 11.6 Å². The van der Waals surface area contributed by atoms with E-state index in [1.165, 1.54) is 4.90 Å². The summed E-state index contributed by atoms with van der Waals surface area (Å²) in [6.45, 7) is 0.979. The molecule has 1 N–H and O–H groups in total. The van der Waals surface area contributed by atoms with Gasteiger partial charge in [-0.1, -0.05) is 35.9 Å². The molecule has 0 aliphatic carbocycles. The number of nitrogens with zero attached hydrogens (tertiary/aromatic N) is 1. The Kier molecular flexibility index (Phi) is 4.29. The lowest BCUT2D eigenvalue weighted by Gasteiger charge is -2.24. The SMILES string of the molecule is O=C(O)N(c1cccc(Cl)c1)c1ccccc1C1OCCO1. The van der Waals surface area contributed by atoms with Crippen LogP contribution < -0.4 is 4.90 Å². The van der Waals surface area contributed by atoms with Gasteiger partial charge in [-0.05, 0) is 24.3 Å². The molecule has 22 heavy (non-hydrogen) atoms. The lowest BCUT2D eigenvalue weighted by Crippen LogP contribution is -2.25. The van der Waals surface area contributed by atoms with E-state index >= 15 is 0 Å². The summed E-state index contributed by atoms with van der Waals surface area (Å²) >= 11 is 5.98. The van der Waals surface area contributed by atoms with Crippen LogP contribution in [0.5, 0.6) is 0 Å². The van der Waals surface area contributed by atoms with E-state index < -0.39 is 12.4 Å². The third-order valence-corrected chi connectivity index (χ3v) is 3.55. The molecule has 1 fully saturated rings. The first-order chi connectivity index (χ1) is 10.7. The summed E-state index contributed by atoms with van der Waals surface area (Å²) in [5.41, 5.74) is 1.62. The van der Waals surface area contributed by atoms with Crippen LogP contribution in [0.4, 0.5) is 16.2 Å². The van der Waals surface area contributed by atoms with Crippen molar-refractivity contribution < 1.29 is 19.4 Å². The summed E-state index contributed by atoms with van der Waals surface area (Å²) < 4.78 is 11.0. The highest BCUT2D eigenvalue weighted by Gasteiger charge is 2.26. The Labute approximate surface area is 132 Å². The van der Waals surface area contributed by atoms with Gasteiger partial charge < -0.3 is 14.6 Å². The molecule has 0 saturated carbocycles. The zero-order valence-corrected chi connectivity index (χ0v) is 12.4. The molecule has 0 radical (unpaired) electrons. The van der Waals surface area contributed by atoms with Crippen molar-refractivity contribution in [2.45, 2.75) is 6.29 Å².